The molecule has 0 unspecified atom stereocenters. The molecule has 2 rings (SSSR count). The number of halogens is 1. The fourth-order valence-electron chi connectivity index (χ4n) is 1.67. The van der Waals surface area contributed by atoms with Gasteiger partial charge in [-0.2, -0.15) is 0 Å². The van der Waals surface area contributed by atoms with Crippen LogP contribution in [0, 0.1) is 6.92 Å². The van der Waals surface area contributed by atoms with Crippen molar-refractivity contribution in [3.05, 3.63) is 43.8 Å². The number of aromatic nitrogens is 1. The van der Waals surface area contributed by atoms with Gasteiger partial charge in [0.05, 0.1) is 12.2 Å². The lowest BCUT2D eigenvalue weighted by atomic mass is 10.2. The molecular formula is C13H12BrN3O3S. The number of amides is 1. The average Bonchev–Trinajstić information content (AvgIpc) is 2.80. The summed E-state index contributed by atoms with van der Waals surface area (Å²) in [7, 11) is 0. The van der Waals surface area contributed by atoms with Crippen molar-refractivity contribution in [1.29, 1.82) is 0 Å². The van der Waals surface area contributed by atoms with E-state index < -0.39 is 5.97 Å². The van der Waals surface area contributed by atoms with E-state index in [4.69, 9.17) is 10.8 Å². The predicted octanol–water partition coefficient (Wildman–Crippen LogP) is 2.42. The molecule has 1 aromatic heterocycles. The zero-order valence-electron chi connectivity index (χ0n) is 11.0. The number of hydrogen-bond donors (Lipinski definition) is 3. The van der Waals surface area contributed by atoms with Gasteiger partial charge in [0.2, 0.25) is 0 Å². The molecule has 1 aromatic carbocycles. The molecule has 2 aromatic rings. The topological polar surface area (TPSA) is 105 Å². The molecular weight excluding hydrogens is 358 g/mol. The van der Waals surface area contributed by atoms with Gasteiger partial charge in [0.25, 0.3) is 5.91 Å². The standard InChI is InChI=1S/C13H12BrN3O3S/c1-6-11(13(19)20)21-10(17-6)5-16-12(18)7-2-3-8(14)9(15)4-7/h2-4H,5,15H2,1H3,(H,16,18)(H,19,20). The Morgan fingerprint density at radius 3 is 2.76 bits per heavy atom. The van der Waals surface area contributed by atoms with Crippen molar-refractivity contribution in [2.24, 2.45) is 0 Å². The predicted molar refractivity (Wildman–Crippen MR) is 83.5 cm³/mol. The number of carboxylic acid groups (broad SMARTS) is 1. The summed E-state index contributed by atoms with van der Waals surface area (Å²) in [6.45, 7) is 1.80. The molecule has 0 fully saturated rings. The lowest BCUT2D eigenvalue weighted by Gasteiger charge is -2.05. The van der Waals surface area contributed by atoms with Gasteiger partial charge in [-0.25, -0.2) is 9.78 Å². The number of carboxylic acids is 1. The molecule has 110 valence electrons. The van der Waals surface area contributed by atoms with Crippen LogP contribution in [0.3, 0.4) is 0 Å². The minimum atomic E-state index is -1.01. The Hall–Kier alpha value is -1.93. The molecule has 6 nitrogen and oxygen atoms in total. The molecule has 0 bridgehead atoms. The van der Waals surface area contributed by atoms with Crippen LogP contribution in [0.4, 0.5) is 5.69 Å². The van der Waals surface area contributed by atoms with Gasteiger partial charge in [-0.3, -0.25) is 4.79 Å². The van der Waals surface area contributed by atoms with Crippen LogP contribution in [0.25, 0.3) is 0 Å². The lowest BCUT2D eigenvalue weighted by Crippen LogP contribution is -2.22. The van der Waals surface area contributed by atoms with Gasteiger partial charge in [0, 0.05) is 15.7 Å². The first-order valence-corrected chi connectivity index (χ1v) is 7.52. The van der Waals surface area contributed by atoms with E-state index in [9.17, 15) is 9.59 Å². The monoisotopic (exact) mass is 369 g/mol. The fourth-order valence-corrected chi connectivity index (χ4v) is 2.76. The van der Waals surface area contributed by atoms with E-state index in [1.165, 1.54) is 0 Å². The van der Waals surface area contributed by atoms with Crippen LogP contribution in [-0.4, -0.2) is 22.0 Å². The molecule has 0 aliphatic heterocycles. The van der Waals surface area contributed by atoms with Gasteiger partial charge in [-0.05, 0) is 41.1 Å². The Kier molecular flexibility index (Phi) is 4.59. The van der Waals surface area contributed by atoms with Gasteiger partial charge in [0.1, 0.15) is 9.88 Å². The Balaban J connectivity index is 2.05. The second kappa shape index (κ2) is 6.23. The highest BCUT2D eigenvalue weighted by atomic mass is 79.9. The zero-order valence-corrected chi connectivity index (χ0v) is 13.4. The maximum Gasteiger partial charge on any atom is 0.347 e. The second-order valence-corrected chi connectivity index (χ2v) is 6.18. The summed E-state index contributed by atoms with van der Waals surface area (Å²) in [6, 6.07) is 4.90. The molecule has 0 spiro atoms. The average molecular weight is 370 g/mol. The van der Waals surface area contributed by atoms with E-state index in [1.54, 1.807) is 25.1 Å². The molecule has 0 aliphatic rings. The first-order valence-electron chi connectivity index (χ1n) is 5.91. The number of benzene rings is 1. The van der Waals surface area contributed by atoms with E-state index in [0.717, 1.165) is 15.8 Å². The van der Waals surface area contributed by atoms with E-state index in [0.29, 0.717) is 22.0 Å². The van der Waals surface area contributed by atoms with Gasteiger partial charge < -0.3 is 16.2 Å². The first kappa shape index (κ1) is 15.5. The maximum absolute atomic E-state index is 12.0. The number of rotatable bonds is 4. The van der Waals surface area contributed by atoms with Crippen LogP contribution >= 0.6 is 27.3 Å². The van der Waals surface area contributed by atoms with Crippen LogP contribution in [0.1, 0.15) is 30.7 Å². The number of carbonyl (C=O) groups excluding carboxylic acids is 1. The summed E-state index contributed by atoms with van der Waals surface area (Å²) in [4.78, 5) is 27.2. The van der Waals surface area contributed by atoms with Crippen LogP contribution in [0.5, 0.6) is 0 Å². The zero-order chi connectivity index (χ0) is 15.6. The van der Waals surface area contributed by atoms with Crippen molar-refractivity contribution >= 4 is 44.8 Å². The largest absolute Gasteiger partial charge is 0.477 e. The molecule has 1 amide bonds. The summed E-state index contributed by atoms with van der Waals surface area (Å²) in [5.41, 5.74) is 7.07. The van der Waals surface area contributed by atoms with Gasteiger partial charge >= 0.3 is 5.97 Å². The van der Waals surface area contributed by atoms with Crippen molar-refractivity contribution in [3.63, 3.8) is 0 Å². The molecule has 0 saturated carbocycles. The quantitative estimate of drug-likeness (QED) is 0.717. The Bertz CT molecular complexity index is 715. The van der Waals surface area contributed by atoms with Crippen molar-refractivity contribution in [2.45, 2.75) is 13.5 Å². The Morgan fingerprint density at radius 1 is 1.48 bits per heavy atom. The SMILES string of the molecule is Cc1nc(CNC(=O)c2ccc(Br)c(N)c2)sc1C(=O)O. The minimum Gasteiger partial charge on any atom is -0.477 e. The summed E-state index contributed by atoms with van der Waals surface area (Å²) in [5, 5.41) is 12.2. The molecule has 0 aliphatic carbocycles. The number of thiazole rings is 1. The second-order valence-electron chi connectivity index (χ2n) is 4.25. The molecule has 0 radical (unpaired) electrons. The lowest BCUT2D eigenvalue weighted by molar-refractivity contribution is 0.0701. The third-order valence-corrected chi connectivity index (χ3v) is 4.56. The minimum absolute atomic E-state index is 0.174. The van der Waals surface area contributed by atoms with E-state index in [-0.39, 0.29) is 17.3 Å². The molecule has 0 saturated heterocycles. The summed E-state index contributed by atoms with van der Waals surface area (Å²) < 4.78 is 0.723. The highest BCUT2D eigenvalue weighted by Gasteiger charge is 2.14. The molecule has 4 N–H and O–H groups in total. The summed E-state index contributed by atoms with van der Waals surface area (Å²) in [5.74, 6) is -1.30. The maximum atomic E-state index is 12.0. The number of carbonyl (C=O) groups is 2. The third-order valence-electron chi connectivity index (χ3n) is 2.69. The summed E-state index contributed by atoms with van der Waals surface area (Å²) >= 11 is 4.31. The number of hydrogen-bond acceptors (Lipinski definition) is 5. The highest BCUT2D eigenvalue weighted by Crippen LogP contribution is 2.21. The smallest absolute Gasteiger partial charge is 0.347 e. The third kappa shape index (κ3) is 3.59. The van der Waals surface area contributed by atoms with Crippen molar-refractivity contribution in [2.75, 3.05) is 5.73 Å². The van der Waals surface area contributed by atoms with Crippen LogP contribution in [0.2, 0.25) is 0 Å². The van der Waals surface area contributed by atoms with E-state index in [1.807, 2.05) is 0 Å². The number of nitrogens with one attached hydrogen (secondary N) is 1. The highest BCUT2D eigenvalue weighted by molar-refractivity contribution is 9.10. The van der Waals surface area contributed by atoms with E-state index >= 15 is 0 Å². The van der Waals surface area contributed by atoms with Crippen LogP contribution in [-0.2, 0) is 6.54 Å². The number of anilines is 1. The molecule has 0 atom stereocenters. The number of nitrogens with zero attached hydrogens (tertiary/aromatic N) is 1. The van der Waals surface area contributed by atoms with Crippen molar-refractivity contribution in [1.82, 2.24) is 10.3 Å². The number of nitrogen functional groups attached to an aromatic ring is 1. The number of aromatic carboxylic acids is 1. The first-order chi connectivity index (χ1) is 9.88. The van der Waals surface area contributed by atoms with Crippen LogP contribution in [0.15, 0.2) is 22.7 Å². The van der Waals surface area contributed by atoms with Gasteiger partial charge in [-0.15, -0.1) is 11.3 Å². The number of nitrogens with two attached hydrogens (primary N) is 1. The fraction of sp³-hybridized carbons (Fsp3) is 0.154. The summed E-state index contributed by atoms with van der Waals surface area (Å²) in [6.07, 6.45) is 0. The van der Waals surface area contributed by atoms with Crippen molar-refractivity contribution < 1.29 is 14.7 Å². The Morgan fingerprint density at radius 2 is 2.19 bits per heavy atom. The van der Waals surface area contributed by atoms with Crippen LogP contribution < -0.4 is 11.1 Å². The normalized spacial score (nSPS) is 10.4. The molecule has 1 heterocycles. The Labute approximate surface area is 133 Å². The molecule has 8 heteroatoms. The van der Waals surface area contributed by atoms with Gasteiger partial charge in [-0.1, -0.05) is 0 Å². The number of aryl methyl sites for hydroxylation is 1. The van der Waals surface area contributed by atoms with Crippen molar-refractivity contribution in [3.8, 4) is 0 Å². The van der Waals surface area contributed by atoms with Gasteiger partial charge in [0.15, 0.2) is 0 Å². The molecule has 21 heavy (non-hydrogen) atoms. The van der Waals surface area contributed by atoms with E-state index in [2.05, 4.69) is 26.2 Å².